The van der Waals surface area contributed by atoms with Crippen LogP contribution in [-0.2, 0) is 0 Å². The molecule has 0 aromatic heterocycles. The number of unbranched alkanes of at least 4 members (excludes halogenated alkanes) is 1. The quantitative estimate of drug-likeness (QED) is 0.414. The second kappa shape index (κ2) is 6.45. The molecule has 0 aliphatic carbocycles. The van der Waals surface area contributed by atoms with Gasteiger partial charge >= 0.3 is 0 Å². The smallest absolute Gasteiger partial charge is 0.0351 e. The van der Waals surface area contributed by atoms with Crippen LogP contribution in [-0.4, -0.2) is 0 Å². The molecule has 0 heteroatoms. The SMILES string of the molecule is CC=CCCCC(C)C(C)C. The lowest BCUT2D eigenvalue weighted by Crippen LogP contribution is -2.02. The second-order valence-corrected chi connectivity index (χ2v) is 3.72. The van der Waals surface area contributed by atoms with Crippen molar-refractivity contribution in [2.24, 2.45) is 11.8 Å². The molecule has 0 radical (unpaired) electrons. The van der Waals surface area contributed by atoms with E-state index < -0.39 is 0 Å². The summed E-state index contributed by atoms with van der Waals surface area (Å²) in [5.41, 5.74) is 0. The third-order valence-corrected chi connectivity index (χ3v) is 2.40. The molecule has 0 spiro atoms. The molecular formula is C11H22. The van der Waals surface area contributed by atoms with Crippen LogP contribution in [0.15, 0.2) is 12.2 Å². The van der Waals surface area contributed by atoms with Crippen molar-refractivity contribution in [2.45, 2.75) is 47.0 Å². The Bertz CT molecular complexity index is 101. The van der Waals surface area contributed by atoms with Gasteiger partial charge in [-0.2, -0.15) is 0 Å². The average Bonchev–Trinajstić information content (AvgIpc) is 1.97. The minimum absolute atomic E-state index is 0.848. The standard InChI is InChI=1S/C11H22/c1-5-6-7-8-9-11(4)10(2)3/h5-6,10-11H,7-9H2,1-4H3. The maximum Gasteiger partial charge on any atom is -0.0351 e. The van der Waals surface area contributed by atoms with E-state index in [4.69, 9.17) is 0 Å². The summed E-state index contributed by atoms with van der Waals surface area (Å²) in [7, 11) is 0. The van der Waals surface area contributed by atoms with E-state index in [1.807, 2.05) is 0 Å². The molecule has 0 bridgehead atoms. The Labute approximate surface area is 71.7 Å². The van der Waals surface area contributed by atoms with Gasteiger partial charge in [0, 0.05) is 0 Å². The first-order chi connectivity index (χ1) is 5.18. The van der Waals surface area contributed by atoms with E-state index >= 15 is 0 Å². The maximum absolute atomic E-state index is 2.35. The molecule has 0 saturated heterocycles. The highest BCUT2D eigenvalue weighted by Crippen LogP contribution is 2.16. The molecular weight excluding hydrogens is 132 g/mol. The summed E-state index contributed by atoms with van der Waals surface area (Å²) in [6.07, 6.45) is 8.38. The summed E-state index contributed by atoms with van der Waals surface area (Å²) < 4.78 is 0. The molecule has 0 saturated carbocycles. The van der Waals surface area contributed by atoms with Gasteiger partial charge in [0.05, 0.1) is 0 Å². The first kappa shape index (κ1) is 10.7. The Kier molecular flexibility index (Phi) is 6.30. The molecule has 66 valence electrons. The molecule has 0 nitrogen and oxygen atoms in total. The summed E-state index contributed by atoms with van der Waals surface area (Å²) in [5.74, 6) is 1.74. The lowest BCUT2D eigenvalue weighted by Gasteiger charge is -2.13. The van der Waals surface area contributed by atoms with E-state index in [0.717, 1.165) is 11.8 Å². The summed E-state index contributed by atoms with van der Waals surface area (Å²) in [6, 6.07) is 0. The highest BCUT2D eigenvalue weighted by Gasteiger charge is 2.04. The van der Waals surface area contributed by atoms with Gasteiger partial charge in [-0.15, -0.1) is 0 Å². The molecule has 11 heavy (non-hydrogen) atoms. The van der Waals surface area contributed by atoms with Crippen LogP contribution in [0.25, 0.3) is 0 Å². The molecule has 0 aliphatic rings. The topological polar surface area (TPSA) is 0 Å². The molecule has 0 heterocycles. The van der Waals surface area contributed by atoms with Gasteiger partial charge in [-0.1, -0.05) is 39.3 Å². The van der Waals surface area contributed by atoms with Crippen LogP contribution in [0.4, 0.5) is 0 Å². The predicted octanol–water partition coefficient (Wildman–Crippen LogP) is 4.02. The summed E-state index contributed by atoms with van der Waals surface area (Å²) in [5, 5.41) is 0. The third kappa shape index (κ3) is 6.15. The van der Waals surface area contributed by atoms with Gasteiger partial charge in [0.15, 0.2) is 0 Å². The lowest BCUT2D eigenvalue weighted by atomic mass is 9.93. The summed E-state index contributed by atoms with van der Waals surface area (Å²) >= 11 is 0. The van der Waals surface area contributed by atoms with Crippen molar-refractivity contribution >= 4 is 0 Å². The van der Waals surface area contributed by atoms with Crippen LogP contribution in [0, 0.1) is 11.8 Å². The number of rotatable bonds is 5. The molecule has 1 atom stereocenters. The Morgan fingerprint density at radius 1 is 1.18 bits per heavy atom. The van der Waals surface area contributed by atoms with Crippen molar-refractivity contribution < 1.29 is 0 Å². The predicted molar refractivity (Wildman–Crippen MR) is 52.7 cm³/mol. The van der Waals surface area contributed by atoms with E-state index in [0.29, 0.717) is 0 Å². The maximum atomic E-state index is 2.35. The zero-order chi connectivity index (χ0) is 8.69. The van der Waals surface area contributed by atoms with Gasteiger partial charge in [-0.05, 0) is 31.6 Å². The van der Waals surface area contributed by atoms with E-state index in [1.54, 1.807) is 0 Å². The average molecular weight is 154 g/mol. The van der Waals surface area contributed by atoms with Crippen molar-refractivity contribution in [3.63, 3.8) is 0 Å². The first-order valence-corrected chi connectivity index (χ1v) is 4.79. The highest BCUT2D eigenvalue weighted by atomic mass is 14.1. The molecule has 0 rings (SSSR count). The minimum atomic E-state index is 0.848. The highest BCUT2D eigenvalue weighted by molar-refractivity contribution is 4.76. The molecule has 0 amide bonds. The summed E-state index contributed by atoms with van der Waals surface area (Å²) in [4.78, 5) is 0. The normalized spacial score (nSPS) is 14.6. The van der Waals surface area contributed by atoms with Crippen LogP contribution in [0.2, 0.25) is 0 Å². The summed E-state index contributed by atoms with van der Waals surface area (Å²) in [6.45, 7) is 9.05. The van der Waals surface area contributed by atoms with E-state index in [9.17, 15) is 0 Å². The van der Waals surface area contributed by atoms with Crippen LogP contribution >= 0.6 is 0 Å². The lowest BCUT2D eigenvalue weighted by molar-refractivity contribution is 0.383. The van der Waals surface area contributed by atoms with E-state index in [-0.39, 0.29) is 0 Å². The molecule has 1 unspecified atom stereocenters. The number of hydrogen-bond acceptors (Lipinski definition) is 0. The minimum Gasteiger partial charge on any atom is -0.0917 e. The zero-order valence-corrected chi connectivity index (χ0v) is 8.43. The first-order valence-electron chi connectivity index (χ1n) is 4.79. The van der Waals surface area contributed by atoms with Crippen LogP contribution in [0.5, 0.6) is 0 Å². The Hall–Kier alpha value is -0.260. The molecule has 0 N–H and O–H groups in total. The molecule has 0 aromatic carbocycles. The third-order valence-electron chi connectivity index (χ3n) is 2.40. The largest absolute Gasteiger partial charge is 0.0917 e. The van der Waals surface area contributed by atoms with Gasteiger partial charge in [0.25, 0.3) is 0 Å². The van der Waals surface area contributed by atoms with Gasteiger partial charge in [0.2, 0.25) is 0 Å². The van der Waals surface area contributed by atoms with E-state index in [2.05, 4.69) is 39.8 Å². The second-order valence-electron chi connectivity index (χ2n) is 3.72. The number of allylic oxidation sites excluding steroid dienone is 2. The Balaban J connectivity index is 3.24. The number of hydrogen-bond donors (Lipinski definition) is 0. The van der Waals surface area contributed by atoms with Gasteiger partial charge in [-0.3, -0.25) is 0 Å². The fraction of sp³-hybridized carbons (Fsp3) is 0.818. The van der Waals surface area contributed by atoms with Crippen LogP contribution in [0.1, 0.15) is 47.0 Å². The van der Waals surface area contributed by atoms with Crippen LogP contribution < -0.4 is 0 Å². The Morgan fingerprint density at radius 3 is 2.27 bits per heavy atom. The van der Waals surface area contributed by atoms with Crippen molar-refractivity contribution in [1.29, 1.82) is 0 Å². The van der Waals surface area contributed by atoms with Crippen LogP contribution in [0.3, 0.4) is 0 Å². The van der Waals surface area contributed by atoms with Crippen molar-refractivity contribution in [3.05, 3.63) is 12.2 Å². The zero-order valence-electron chi connectivity index (χ0n) is 8.43. The molecule has 0 fully saturated rings. The molecule has 0 aromatic rings. The van der Waals surface area contributed by atoms with Gasteiger partial charge < -0.3 is 0 Å². The van der Waals surface area contributed by atoms with Gasteiger partial charge in [0.1, 0.15) is 0 Å². The van der Waals surface area contributed by atoms with Crippen molar-refractivity contribution in [1.82, 2.24) is 0 Å². The monoisotopic (exact) mass is 154 g/mol. The van der Waals surface area contributed by atoms with E-state index in [1.165, 1.54) is 19.3 Å². The fourth-order valence-electron chi connectivity index (χ4n) is 1.06. The fourth-order valence-corrected chi connectivity index (χ4v) is 1.06. The molecule has 0 aliphatic heterocycles. The van der Waals surface area contributed by atoms with Crippen molar-refractivity contribution in [3.8, 4) is 0 Å². The van der Waals surface area contributed by atoms with Crippen molar-refractivity contribution in [2.75, 3.05) is 0 Å². The van der Waals surface area contributed by atoms with Gasteiger partial charge in [-0.25, -0.2) is 0 Å². The Morgan fingerprint density at radius 2 is 1.82 bits per heavy atom.